The summed E-state index contributed by atoms with van der Waals surface area (Å²) in [5, 5.41) is 4.28. The fourth-order valence-electron chi connectivity index (χ4n) is 3.41. The first-order chi connectivity index (χ1) is 12.7. The summed E-state index contributed by atoms with van der Waals surface area (Å²) >= 11 is 1.47. The maximum absolute atomic E-state index is 12.7. The maximum atomic E-state index is 12.7. The zero-order valence-electron chi connectivity index (χ0n) is 14.5. The van der Waals surface area contributed by atoms with Gasteiger partial charge in [-0.3, -0.25) is 4.79 Å². The molecule has 0 saturated carbocycles. The lowest BCUT2D eigenvalue weighted by atomic mass is 10.1. The van der Waals surface area contributed by atoms with Crippen LogP contribution >= 0.6 is 11.3 Å². The molecule has 0 unspecified atom stereocenters. The number of hydrogen-bond acceptors (Lipinski definition) is 5. The fourth-order valence-corrected chi connectivity index (χ4v) is 4.68. The van der Waals surface area contributed by atoms with E-state index in [2.05, 4.69) is 5.32 Å². The third-order valence-corrected chi connectivity index (χ3v) is 5.89. The lowest BCUT2D eigenvalue weighted by Crippen LogP contribution is -2.14. The van der Waals surface area contributed by atoms with Gasteiger partial charge in [-0.1, -0.05) is 24.6 Å². The van der Waals surface area contributed by atoms with E-state index in [-0.39, 0.29) is 11.7 Å². The first kappa shape index (κ1) is 16.8. The Kier molecular flexibility index (Phi) is 4.51. The Hall–Kier alpha value is -2.60. The molecule has 0 bridgehead atoms. The van der Waals surface area contributed by atoms with Crippen LogP contribution in [0.2, 0.25) is 0 Å². The highest BCUT2D eigenvalue weighted by Gasteiger charge is 2.27. The van der Waals surface area contributed by atoms with Crippen molar-refractivity contribution in [3.63, 3.8) is 0 Å². The second-order valence-corrected chi connectivity index (χ2v) is 7.47. The molecule has 2 heterocycles. The second kappa shape index (κ2) is 6.96. The van der Waals surface area contributed by atoms with Crippen LogP contribution in [-0.2, 0) is 17.6 Å². The lowest BCUT2D eigenvalue weighted by Gasteiger charge is -2.06. The van der Waals surface area contributed by atoms with Crippen LogP contribution in [0.3, 0.4) is 0 Å². The molecule has 1 aromatic carbocycles. The number of carbonyl (C=O) groups is 2. The monoisotopic (exact) mass is 369 g/mol. The number of esters is 1. The number of methoxy groups -OCH3 is 1. The van der Waals surface area contributed by atoms with Crippen molar-refractivity contribution in [1.29, 1.82) is 0 Å². The van der Waals surface area contributed by atoms with E-state index in [1.54, 1.807) is 6.07 Å². The number of nitrogens with one attached hydrogen (secondary N) is 1. The Bertz CT molecular complexity index is 952. The van der Waals surface area contributed by atoms with Crippen LogP contribution < -0.4 is 5.32 Å². The van der Waals surface area contributed by atoms with Crippen molar-refractivity contribution in [3.05, 3.63) is 52.1 Å². The number of hydrogen-bond donors (Lipinski definition) is 1. The Balaban J connectivity index is 1.68. The molecule has 134 valence electrons. The summed E-state index contributed by atoms with van der Waals surface area (Å²) in [6.45, 7) is 0. The SMILES string of the molecule is COC(=O)c1c(NC(=O)c2cc3ccccc3o2)sc2c1CCCCC2. The number of carbonyl (C=O) groups excluding carboxylic acids is 2. The molecule has 5 nitrogen and oxygen atoms in total. The van der Waals surface area contributed by atoms with Gasteiger partial charge in [0.15, 0.2) is 5.76 Å². The van der Waals surface area contributed by atoms with Gasteiger partial charge in [0.1, 0.15) is 10.6 Å². The molecule has 1 aliphatic carbocycles. The van der Waals surface area contributed by atoms with Crippen LogP contribution in [0.4, 0.5) is 5.00 Å². The number of anilines is 1. The molecule has 0 saturated heterocycles. The van der Waals surface area contributed by atoms with Gasteiger partial charge in [-0.25, -0.2) is 4.79 Å². The van der Waals surface area contributed by atoms with Crippen LogP contribution in [-0.4, -0.2) is 19.0 Å². The summed E-state index contributed by atoms with van der Waals surface area (Å²) in [4.78, 5) is 26.2. The van der Waals surface area contributed by atoms with Crippen LogP contribution in [0.5, 0.6) is 0 Å². The van der Waals surface area contributed by atoms with Gasteiger partial charge in [-0.15, -0.1) is 11.3 Å². The number of thiophene rings is 1. The minimum Gasteiger partial charge on any atom is -0.465 e. The summed E-state index contributed by atoms with van der Waals surface area (Å²) in [7, 11) is 1.37. The summed E-state index contributed by atoms with van der Waals surface area (Å²) in [5.41, 5.74) is 2.19. The van der Waals surface area contributed by atoms with Gasteiger partial charge < -0.3 is 14.5 Å². The largest absolute Gasteiger partial charge is 0.465 e. The molecule has 2 aromatic heterocycles. The second-order valence-electron chi connectivity index (χ2n) is 6.36. The molecule has 6 heteroatoms. The quantitative estimate of drug-likeness (QED) is 0.532. The average molecular weight is 369 g/mol. The van der Waals surface area contributed by atoms with Crippen molar-refractivity contribution in [2.75, 3.05) is 12.4 Å². The number of fused-ring (bicyclic) bond motifs is 2. The first-order valence-corrected chi connectivity index (χ1v) is 9.52. The molecule has 0 spiro atoms. The Labute approximate surface area is 155 Å². The molecule has 0 aliphatic heterocycles. The van der Waals surface area contributed by atoms with Gasteiger partial charge in [0.2, 0.25) is 0 Å². The van der Waals surface area contributed by atoms with Crippen molar-refractivity contribution in [1.82, 2.24) is 0 Å². The number of amides is 1. The lowest BCUT2D eigenvalue weighted by molar-refractivity contribution is 0.0601. The molecule has 3 aromatic rings. The molecule has 26 heavy (non-hydrogen) atoms. The highest BCUT2D eigenvalue weighted by molar-refractivity contribution is 7.17. The smallest absolute Gasteiger partial charge is 0.341 e. The van der Waals surface area contributed by atoms with Crippen LogP contribution in [0.25, 0.3) is 11.0 Å². The Morgan fingerprint density at radius 2 is 1.96 bits per heavy atom. The highest BCUT2D eigenvalue weighted by Crippen LogP contribution is 2.38. The van der Waals surface area contributed by atoms with E-state index in [1.165, 1.54) is 23.3 Å². The summed E-state index contributed by atoms with van der Waals surface area (Å²) in [5.74, 6) is -0.530. The molecule has 1 amide bonds. The Morgan fingerprint density at radius 3 is 2.77 bits per heavy atom. The van der Waals surface area contributed by atoms with Gasteiger partial charge in [0.25, 0.3) is 5.91 Å². The van der Waals surface area contributed by atoms with E-state index in [4.69, 9.17) is 9.15 Å². The van der Waals surface area contributed by atoms with Gasteiger partial charge in [0, 0.05) is 10.3 Å². The number of ether oxygens (including phenoxy) is 1. The van der Waals surface area contributed by atoms with Crippen molar-refractivity contribution in [2.45, 2.75) is 32.1 Å². The summed E-state index contributed by atoms with van der Waals surface area (Å²) in [6.07, 6.45) is 5.08. The minimum atomic E-state index is -0.399. The zero-order chi connectivity index (χ0) is 18.1. The number of benzene rings is 1. The van der Waals surface area contributed by atoms with Crippen LogP contribution in [0.15, 0.2) is 34.7 Å². The number of furan rings is 1. The normalized spacial score (nSPS) is 13.9. The molecule has 0 radical (unpaired) electrons. The van der Waals surface area contributed by atoms with Crippen LogP contribution in [0, 0.1) is 0 Å². The standard InChI is InChI=1S/C20H19NO4S/c1-24-20(23)17-13-8-3-2-4-10-16(13)26-19(17)21-18(22)15-11-12-7-5-6-9-14(12)25-15/h5-7,9,11H,2-4,8,10H2,1H3,(H,21,22). The molecule has 4 rings (SSSR count). The third-order valence-electron chi connectivity index (χ3n) is 4.69. The fraction of sp³-hybridized carbons (Fsp3) is 0.300. The van der Waals surface area contributed by atoms with Crippen molar-refractivity contribution < 1.29 is 18.7 Å². The molecule has 0 atom stereocenters. The van der Waals surface area contributed by atoms with Crippen LogP contribution in [0.1, 0.15) is 50.6 Å². The molecule has 1 N–H and O–H groups in total. The number of aryl methyl sites for hydroxylation is 1. The van der Waals surface area contributed by atoms with E-state index < -0.39 is 5.97 Å². The maximum Gasteiger partial charge on any atom is 0.341 e. The van der Waals surface area contributed by atoms with Crippen molar-refractivity contribution in [3.8, 4) is 0 Å². The minimum absolute atomic E-state index is 0.227. The van der Waals surface area contributed by atoms with E-state index in [1.807, 2.05) is 24.3 Å². The van der Waals surface area contributed by atoms with Gasteiger partial charge in [-0.05, 0) is 43.4 Å². The average Bonchev–Trinajstić information content (AvgIpc) is 3.15. The molecular weight excluding hydrogens is 350 g/mol. The number of rotatable bonds is 3. The van der Waals surface area contributed by atoms with E-state index >= 15 is 0 Å². The molecule has 1 aliphatic rings. The predicted molar refractivity (Wildman–Crippen MR) is 101 cm³/mol. The predicted octanol–water partition coefficient (Wildman–Crippen LogP) is 4.80. The van der Waals surface area contributed by atoms with Gasteiger partial charge in [-0.2, -0.15) is 0 Å². The van der Waals surface area contributed by atoms with Gasteiger partial charge in [0.05, 0.1) is 12.7 Å². The summed E-state index contributed by atoms with van der Waals surface area (Å²) in [6, 6.07) is 9.17. The Morgan fingerprint density at radius 1 is 1.15 bits per heavy atom. The molecule has 0 fully saturated rings. The number of para-hydroxylation sites is 1. The van der Waals surface area contributed by atoms with Crippen molar-refractivity contribution in [2.24, 2.45) is 0 Å². The van der Waals surface area contributed by atoms with E-state index in [0.29, 0.717) is 16.1 Å². The third kappa shape index (κ3) is 3.01. The van der Waals surface area contributed by atoms with E-state index in [9.17, 15) is 9.59 Å². The summed E-state index contributed by atoms with van der Waals surface area (Å²) < 4.78 is 10.6. The molecular formula is C20H19NO4S. The van der Waals surface area contributed by atoms with E-state index in [0.717, 1.165) is 43.1 Å². The zero-order valence-corrected chi connectivity index (χ0v) is 15.3. The van der Waals surface area contributed by atoms with Gasteiger partial charge >= 0.3 is 5.97 Å². The van der Waals surface area contributed by atoms with Crippen molar-refractivity contribution >= 4 is 39.2 Å². The first-order valence-electron chi connectivity index (χ1n) is 8.70. The highest BCUT2D eigenvalue weighted by atomic mass is 32.1. The topological polar surface area (TPSA) is 68.5 Å².